The number of aromatic nitrogens is 3. The van der Waals surface area contributed by atoms with Crippen LogP contribution >= 0.6 is 0 Å². The molecule has 0 aliphatic carbocycles. The zero-order valence-electron chi connectivity index (χ0n) is 31.3. The third kappa shape index (κ3) is 7.24. The second-order valence-electron chi connectivity index (χ2n) is 15.4. The van der Waals surface area contributed by atoms with E-state index < -0.39 is 46.9 Å². The number of Topliss-reactive ketones (excluding diaryl/α,β-unsaturated/α-hetero) is 1. The molecule has 0 bridgehead atoms. The van der Waals surface area contributed by atoms with Crippen molar-refractivity contribution in [3.8, 4) is 17.2 Å². The van der Waals surface area contributed by atoms with Crippen molar-refractivity contribution in [1.82, 2.24) is 29.0 Å². The molecule has 4 heterocycles. The van der Waals surface area contributed by atoms with Gasteiger partial charge in [0.2, 0.25) is 5.91 Å². The number of hydrogen-bond donors (Lipinski definition) is 1. The number of amides is 3. The van der Waals surface area contributed by atoms with Crippen LogP contribution in [-0.4, -0.2) is 91.0 Å². The number of ketones is 1. The molecule has 2 atom stereocenters. The number of ether oxygens (including phenoxy) is 3. The fraction of sp³-hybridized carbons (Fsp3) is 0.474. The number of nitrogens with one attached hydrogen (secondary N) is 1. The molecule has 2 unspecified atom stereocenters. The molecule has 1 saturated heterocycles. The molecule has 1 N–H and O–H groups in total. The van der Waals surface area contributed by atoms with E-state index in [1.807, 2.05) is 33.8 Å². The number of hydrogen-bond acceptors (Lipinski definition) is 9. The van der Waals surface area contributed by atoms with Crippen LogP contribution in [0.4, 0.5) is 9.59 Å². The Kier molecular flexibility index (Phi) is 9.64. The van der Waals surface area contributed by atoms with Gasteiger partial charge in [0.05, 0.1) is 12.2 Å². The standard InChI is InChI=1S/C38H46N6O9/c1-22(2)30(39-33(47)53-37(4,5)6)32(46)40-17-19-41(20-18-40)36(50)51-26-13-14-27-29(21-26)52-38(7,8)28-15-16-42-34(48)43(35(49)44(42)31(27)28)25-11-9-24(10-12-25)23(3)45/h9-15,21-22,30-31H,16-20H2,1-8H3,(H,39,47). The number of alkyl carbamates (subject to hydrolysis) is 1. The Hall–Kier alpha value is -5.60. The van der Waals surface area contributed by atoms with Crippen LogP contribution in [0.3, 0.4) is 0 Å². The van der Waals surface area contributed by atoms with Crippen LogP contribution in [-0.2, 0) is 16.1 Å². The topological polar surface area (TPSA) is 163 Å². The molecule has 0 spiro atoms. The van der Waals surface area contributed by atoms with Crippen molar-refractivity contribution >= 4 is 23.9 Å². The largest absolute Gasteiger partial charge is 0.483 e. The molecule has 3 aromatic rings. The average Bonchev–Trinajstić information content (AvgIpc) is 3.34. The van der Waals surface area contributed by atoms with Gasteiger partial charge >= 0.3 is 23.6 Å². The quantitative estimate of drug-likeness (QED) is 0.293. The molecule has 53 heavy (non-hydrogen) atoms. The second-order valence-corrected chi connectivity index (χ2v) is 15.4. The van der Waals surface area contributed by atoms with Gasteiger partial charge in [-0.15, -0.1) is 0 Å². The smallest absolute Gasteiger partial charge is 0.415 e. The number of carbonyl (C=O) groups excluding carboxylic acids is 4. The molecule has 3 aliphatic rings. The van der Waals surface area contributed by atoms with E-state index in [4.69, 9.17) is 14.2 Å². The predicted octanol–water partition coefficient (Wildman–Crippen LogP) is 3.90. The van der Waals surface area contributed by atoms with Crippen molar-refractivity contribution in [3.05, 3.63) is 86.2 Å². The highest BCUT2D eigenvalue weighted by Gasteiger charge is 2.44. The summed E-state index contributed by atoms with van der Waals surface area (Å²) in [5.74, 6) is 0.0425. The van der Waals surface area contributed by atoms with Gasteiger partial charge in [0.15, 0.2) is 5.78 Å². The first-order valence-corrected chi connectivity index (χ1v) is 17.7. The maximum absolute atomic E-state index is 14.0. The first-order valence-electron chi connectivity index (χ1n) is 17.7. The van der Waals surface area contributed by atoms with Gasteiger partial charge in [-0.25, -0.2) is 33.1 Å². The van der Waals surface area contributed by atoms with Crippen LogP contribution in [0.25, 0.3) is 5.69 Å². The molecule has 6 rings (SSSR count). The van der Waals surface area contributed by atoms with Gasteiger partial charge in [-0.2, -0.15) is 0 Å². The van der Waals surface area contributed by atoms with Gasteiger partial charge in [0.1, 0.15) is 34.8 Å². The van der Waals surface area contributed by atoms with Gasteiger partial charge in [-0.05, 0) is 89.4 Å². The Morgan fingerprint density at radius 1 is 0.925 bits per heavy atom. The summed E-state index contributed by atoms with van der Waals surface area (Å²) in [6.07, 6.45) is 0.625. The molecule has 2 aromatic carbocycles. The average molecular weight is 731 g/mol. The zero-order chi connectivity index (χ0) is 38.6. The highest BCUT2D eigenvalue weighted by Crippen LogP contribution is 2.47. The van der Waals surface area contributed by atoms with Crippen molar-refractivity contribution < 1.29 is 33.4 Å². The maximum atomic E-state index is 14.0. The summed E-state index contributed by atoms with van der Waals surface area (Å²) in [7, 11) is 0. The summed E-state index contributed by atoms with van der Waals surface area (Å²) >= 11 is 0. The molecule has 3 amide bonds. The molecular formula is C38H46N6O9. The minimum atomic E-state index is -0.874. The first kappa shape index (κ1) is 37.2. The number of nitrogens with zero attached hydrogens (tertiary/aromatic N) is 5. The summed E-state index contributed by atoms with van der Waals surface area (Å²) < 4.78 is 21.4. The van der Waals surface area contributed by atoms with Crippen molar-refractivity contribution in [2.45, 2.75) is 85.2 Å². The summed E-state index contributed by atoms with van der Waals surface area (Å²) in [5, 5.41) is 2.69. The first-order chi connectivity index (χ1) is 24.9. The Morgan fingerprint density at radius 3 is 2.17 bits per heavy atom. The predicted molar refractivity (Wildman–Crippen MR) is 194 cm³/mol. The van der Waals surface area contributed by atoms with Crippen LogP contribution in [0.5, 0.6) is 11.5 Å². The number of carbonyl (C=O) groups is 4. The third-order valence-corrected chi connectivity index (χ3v) is 9.61. The van der Waals surface area contributed by atoms with Crippen LogP contribution in [0, 0.1) is 5.92 Å². The van der Waals surface area contributed by atoms with E-state index in [1.54, 1.807) is 68.1 Å². The van der Waals surface area contributed by atoms with Gasteiger partial charge in [-0.3, -0.25) is 9.59 Å². The lowest BCUT2D eigenvalue weighted by atomic mass is 9.83. The summed E-state index contributed by atoms with van der Waals surface area (Å²) in [5.41, 5.74) is -0.417. The molecular weight excluding hydrogens is 684 g/mol. The number of rotatable bonds is 6. The number of allylic oxidation sites excluding steroid dienone is 1. The highest BCUT2D eigenvalue weighted by atomic mass is 16.6. The fourth-order valence-corrected chi connectivity index (χ4v) is 6.93. The lowest BCUT2D eigenvalue weighted by Gasteiger charge is -2.42. The van der Waals surface area contributed by atoms with E-state index in [1.165, 1.54) is 21.2 Å². The van der Waals surface area contributed by atoms with Crippen molar-refractivity contribution in [1.29, 1.82) is 0 Å². The fourth-order valence-electron chi connectivity index (χ4n) is 6.93. The van der Waals surface area contributed by atoms with Crippen LogP contribution in [0.1, 0.15) is 77.4 Å². The highest BCUT2D eigenvalue weighted by molar-refractivity contribution is 5.94. The lowest BCUT2D eigenvalue weighted by molar-refractivity contribution is -0.136. The van der Waals surface area contributed by atoms with Crippen molar-refractivity contribution in [2.24, 2.45) is 5.92 Å². The SMILES string of the molecule is CC(=O)c1ccc(-n2c(=O)n3n(c2=O)C2C(=CC3)C(C)(C)Oc3cc(OC(=O)N4CCN(C(=O)C(NC(=O)OC(C)(C)C)C(C)C)CC4)ccc32)cc1. The van der Waals surface area contributed by atoms with E-state index >= 15 is 0 Å². The molecule has 0 radical (unpaired) electrons. The molecule has 1 aromatic heterocycles. The summed E-state index contributed by atoms with van der Waals surface area (Å²) in [4.78, 5) is 81.6. The van der Waals surface area contributed by atoms with E-state index in [0.717, 1.165) is 10.1 Å². The molecule has 3 aliphatic heterocycles. The maximum Gasteiger partial charge on any atom is 0.415 e. The Labute approximate surface area is 306 Å². The van der Waals surface area contributed by atoms with Gasteiger partial charge in [-0.1, -0.05) is 19.9 Å². The third-order valence-electron chi connectivity index (χ3n) is 9.61. The van der Waals surface area contributed by atoms with Gasteiger partial charge < -0.3 is 29.3 Å². The molecule has 1 fully saturated rings. The van der Waals surface area contributed by atoms with Gasteiger partial charge in [0.25, 0.3) is 0 Å². The minimum absolute atomic E-state index is 0.128. The van der Waals surface area contributed by atoms with Crippen molar-refractivity contribution in [2.75, 3.05) is 26.2 Å². The Morgan fingerprint density at radius 2 is 1.57 bits per heavy atom. The Balaban J connectivity index is 1.18. The normalized spacial score (nSPS) is 18.1. The van der Waals surface area contributed by atoms with E-state index in [-0.39, 0.29) is 56.1 Å². The number of fused-ring (bicyclic) bond motifs is 5. The van der Waals surface area contributed by atoms with E-state index in [9.17, 15) is 28.8 Å². The van der Waals surface area contributed by atoms with Crippen LogP contribution < -0.4 is 26.2 Å². The second kappa shape index (κ2) is 13.7. The lowest BCUT2D eigenvalue weighted by Crippen LogP contribution is -2.57. The minimum Gasteiger partial charge on any atom is -0.483 e. The molecule has 0 saturated carbocycles. The number of benzene rings is 2. The van der Waals surface area contributed by atoms with Crippen LogP contribution in [0.2, 0.25) is 0 Å². The van der Waals surface area contributed by atoms with E-state index in [0.29, 0.717) is 22.6 Å². The van der Waals surface area contributed by atoms with Crippen molar-refractivity contribution in [3.63, 3.8) is 0 Å². The number of piperazine rings is 1. The Bertz CT molecular complexity index is 2110. The van der Waals surface area contributed by atoms with Crippen LogP contribution in [0.15, 0.2) is 63.7 Å². The molecule has 15 nitrogen and oxygen atoms in total. The zero-order valence-corrected chi connectivity index (χ0v) is 31.3. The molecule has 282 valence electrons. The van der Waals surface area contributed by atoms with E-state index in [2.05, 4.69) is 5.32 Å². The summed E-state index contributed by atoms with van der Waals surface area (Å²) in [6.45, 7) is 15.2. The molecule has 15 heteroatoms. The summed E-state index contributed by atoms with van der Waals surface area (Å²) in [6, 6.07) is 9.79. The van der Waals surface area contributed by atoms with Gasteiger partial charge in [0, 0.05) is 43.4 Å². The monoisotopic (exact) mass is 730 g/mol.